The molecule has 0 unspecified atom stereocenters. The highest BCUT2D eigenvalue weighted by molar-refractivity contribution is 6.08. The first-order valence-corrected chi connectivity index (χ1v) is 31.2. The molecule has 37 nitrogen and oxygen atoms in total. The van der Waals surface area contributed by atoms with Crippen LogP contribution in [0.3, 0.4) is 0 Å². The van der Waals surface area contributed by atoms with Gasteiger partial charge in [-0.3, -0.25) is 57.5 Å². The molecule has 37 heteroatoms. The van der Waals surface area contributed by atoms with Crippen LogP contribution in [0.4, 0.5) is 40.1 Å². The predicted octanol–water partition coefficient (Wildman–Crippen LogP) is 0.413. The van der Waals surface area contributed by atoms with Crippen molar-refractivity contribution >= 4 is 111 Å². The van der Waals surface area contributed by atoms with Crippen molar-refractivity contribution in [1.29, 1.82) is 0 Å². The van der Waals surface area contributed by atoms with Crippen LogP contribution in [0.25, 0.3) is 0 Å². The van der Waals surface area contributed by atoms with Gasteiger partial charge in [-0.25, -0.2) is 15.0 Å². The Hall–Kier alpha value is -12.4. The molecule has 0 aliphatic rings. The van der Waals surface area contributed by atoms with E-state index in [1.807, 2.05) is 19.0 Å². The molecule has 0 saturated heterocycles. The van der Waals surface area contributed by atoms with Crippen LogP contribution >= 0.6 is 0 Å². The van der Waals surface area contributed by atoms with Crippen LogP contribution in [0.15, 0.2) is 86.1 Å². The number of aliphatic hydroxyl groups is 1. The SMILES string of the molecule is CN(C)CCCNC(=O)CCNC(=O)c1cc(NC(=O)c2nc(NC(=O)CCNC(=O)c3cc(NC(=O)c4cc(NC(=O)CCCNC(=O)c5cc(NC(=O)c6nc(NC(=O)[C@H](O)CNC(=O)c7cc(NC(=O)c8nccn8C)cn7C)cn6C)cn5C)cn4C)cn3C)cn2C)cn1C. The topological polar surface area (TPSA) is 451 Å². The number of aliphatic hydroxyl groups excluding tert-OH is 1. The number of carbonyl (C=O) groups is 12. The molecular formula is C63H80N24O13. The van der Waals surface area contributed by atoms with Gasteiger partial charge in [0.2, 0.25) is 29.4 Å². The minimum Gasteiger partial charge on any atom is -0.381 e. The number of hydrogen-bond donors (Lipinski definition) is 13. The van der Waals surface area contributed by atoms with Crippen molar-refractivity contribution in [3.8, 4) is 0 Å². The summed E-state index contributed by atoms with van der Waals surface area (Å²) in [6.45, 7) is 1.02. The number of amides is 12. The summed E-state index contributed by atoms with van der Waals surface area (Å²) in [5.41, 5.74) is 2.36. The van der Waals surface area contributed by atoms with Gasteiger partial charge in [-0.2, -0.15) is 0 Å². The highest BCUT2D eigenvalue weighted by atomic mass is 16.3. The van der Waals surface area contributed by atoms with Crippen LogP contribution in [-0.4, -0.2) is 192 Å². The molecule has 0 fully saturated rings. The van der Waals surface area contributed by atoms with Crippen LogP contribution in [0, 0.1) is 0 Å². The lowest BCUT2D eigenvalue weighted by molar-refractivity contribution is -0.124. The molecule has 0 aromatic carbocycles. The first-order chi connectivity index (χ1) is 47.5. The van der Waals surface area contributed by atoms with Crippen molar-refractivity contribution in [3.05, 3.63) is 132 Å². The number of aromatic nitrogens is 11. The fourth-order valence-electron chi connectivity index (χ4n) is 10.1. The number of rotatable bonds is 32. The number of carbonyl (C=O) groups excluding carboxylic acids is 12. The number of hydrogen-bond acceptors (Lipinski definition) is 17. The lowest BCUT2D eigenvalue weighted by atomic mass is 10.2. The molecule has 1 atom stereocenters. The third-order valence-electron chi connectivity index (χ3n) is 15.2. The molecule has 0 aliphatic heterocycles. The van der Waals surface area contributed by atoms with E-state index in [-0.39, 0.29) is 120 Å². The third-order valence-corrected chi connectivity index (χ3v) is 15.2. The summed E-state index contributed by atoms with van der Waals surface area (Å²) in [5, 5.41) is 42.5. The average Bonchev–Trinajstić information content (AvgIpc) is 1.69. The van der Waals surface area contributed by atoms with Gasteiger partial charge >= 0.3 is 0 Å². The van der Waals surface area contributed by atoms with E-state index in [1.54, 1.807) is 67.9 Å². The van der Waals surface area contributed by atoms with Crippen molar-refractivity contribution in [2.24, 2.45) is 56.4 Å². The van der Waals surface area contributed by atoms with E-state index < -0.39 is 77.6 Å². The zero-order valence-electron chi connectivity index (χ0n) is 56.7. The molecule has 0 aliphatic carbocycles. The van der Waals surface area contributed by atoms with Crippen molar-refractivity contribution in [3.63, 3.8) is 0 Å². The van der Waals surface area contributed by atoms with Gasteiger partial charge in [-0.15, -0.1) is 0 Å². The molecule has 0 spiro atoms. The lowest BCUT2D eigenvalue weighted by Gasteiger charge is -2.11. The van der Waals surface area contributed by atoms with Crippen LogP contribution in [0.5, 0.6) is 0 Å². The lowest BCUT2D eigenvalue weighted by Crippen LogP contribution is -2.40. The molecule has 0 bridgehead atoms. The van der Waals surface area contributed by atoms with Crippen molar-refractivity contribution in [2.45, 2.75) is 38.2 Å². The number of imidazole rings is 3. The average molecular weight is 1380 g/mol. The van der Waals surface area contributed by atoms with E-state index in [1.165, 1.54) is 111 Å². The van der Waals surface area contributed by atoms with Gasteiger partial charge in [0.1, 0.15) is 34.6 Å². The minimum atomic E-state index is -1.72. The molecule has 8 heterocycles. The molecule has 530 valence electrons. The molecule has 0 radical (unpaired) electrons. The van der Waals surface area contributed by atoms with Gasteiger partial charge in [0.25, 0.3) is 53.2 Å². The quantitative estimate of drug-likeness (QED) is 0.0254. The maximum Gasteiger partial charge on any atom is 0.291 e. The molecule has 13 N–H and O–H groups in total. The normalized spacial score (nSPS) is 11.3. The molecule has 8 rings (SSSR count). The Bertz CT molecular complexity index is 4410. The molecular weight excluding hydrogens is 1300 g/mol. The van der Waals surface area contributed by atoms with Gasteiger partial charge in [0.05, 0.1) is 35.0 Å². The summed E-state index contributed by atoms with van der Waals surface area (Å²) in [5.74, 6) is -6.50. The summed E-state index contributed by atoms with van der Waals surface area (Å²) < 4.78 is 11.7. The number of nitrogens with one attached hydrogen (secondary N) is 12. The minimum absolute atomic E-state index is 0.00336. The molecule has 0 saturated carbocycles. The van der Waals surface area contributed by atoms with Crippen LogP contribution in [-0.2, 0) is 75.6 Å². The van der Waals surface area contributed by atoms with Crippen LogP contribution in [0.2, 0.25) is 0 Å². The van der Waals surface area contributed by atoms with Crippen molar-refractivity contribution < 1.29 is 62.6 Å². The molecule has 8 aromatic heterocycles. The Kier molecular flexibility index (Phi) is 24.2. The third kappa shape index (κ3) is 19.6. The summed E-state index contributed by atoms with van der Waals surface area (Å²) in [7, 11) is 16.6. The number of nitrogens with zero attached hydrogens (tertiary/aromatic N) is 12. The van der Waals surface area contributed by atoms with Gasteiger partial charge in [-0.05, 0) is 63.8 Å². The molecule has 100 heavy (non-hydrogen) atoms. The van der Waals surface area contributed by atoms with Gasteiger partial charge in [0, 0.05) is 158 Å². The zero-order valence-corrected chi connectivity index (χ0v) is 56.7. The fraction of sp³-hybridized carbons (Fsp3) is 0.349. The fourth-order valence-corrected chi connectivity index (χ4v) is 10.1. The van der Waals surface area contributed by atoms with Crippen molar-refractivity contribution in [2.75, 3.05) is 90.6 Å². The van der Waals surface area contributed by atoms with E-state index in [0.717, 1.165) is 13.0 Å². The summed E-state index contributed by atoms with van der Waals surface area (Å²) >= 11 is 0. The van der Waals surface area contributed by atoms with E-state index in [2.05, 4.69) is 78.8 Å². The van der Waals surface area contributed by atoms with Crippen molar-refractivity contribution in [1.82, 2.24) is 83.0 Å². The van der Waals surface area contributed by atoms with Gasteiger partial charge < -0.3 is 110 Å². The predicted molar refractivity (Wildman–Crippen MR) is 364 cm³/mol. The maximum absolute atomic E-state index is 13.4. The first-order valence-electron chi connectivity index (χ1n) is 31.2. The van der Waals surface area contributed by atoms with E-state index >= 15 is 0 Å². The Morgan fingerprint density at radius 2 is 0.770 bits per heavy atom. The smallest absolute Gasteiger partial charge is 0.291 e. The molecule has 8 aromatic rings. The maximum atomic E-state index is 13.4. The Morgan fingerprint density at radius 3 is 1.22 bits per heavy atom. The first kappa shape index (κ1) is 73.4. The highest BCUT2D eigenvalue weighted by Crippen LogP contribution is 2.21. The molecule has 12 amide bonds. The Morgan fingerprint density at radius 1 is 0.390 bits per heavy atom. The summed E-state index contributed by atoms with van der Waals surface area (Å²) in [4.78, 5) is 170. The largest absolute Gasteiger partial charge is 0.381 e. The second-order valence-electron chi connectivity index (χ2n) is 23.6. The monoisotopic (exact) mass is 1380 g/mol. The number of aryl methyl sites for hydroxylation is 8. The van der Waals surface area contributed by atoms with Crippen LogP contribution < -0.4 is 63.8 Å². The van der Waals surface area contributed by atoms with Gasteiger partial charge in [-0.1, -0.05) is 0 Å². The van der Waals surface area contributed by atoms with E-state index in [0.29, 0.717) is 23.6 Å². The Labute approximate surface area is 571 Å². The second kappa shape index (κ2) is 33.0. The van der Waals surface area contributed by atoms with Gasteiger partial charge in [0.15, 0.2) is 17.5 Å². The Balaban J connectivity index is 0.705. The summed E-state index contributed by atoms with van der Waals surface area (Å²) in [6.07, 6.45) is 12.7. The number of anilines is 7. The van der Waals surface area contributed by atoms with Crippen LogP contribution in [0.1, 0.15) is 116 Å². The standard InChI is InChI=1S/C63H80N24O13/c1-79(2)21-12-17-64-49(89)14-18-67-56(93)43-26-40(33-83(43)6)73-62(99)53-76-47(34-86(53)9)75-51(91)15-19-68-57(94)42-24-37(30-81(42)4)71-59(96)45-23-36(29-85(45)8)70-50(90)13-11-16-66-55(92)41-25-39(32-82(41)5)74-63(100)54-77-48(35-87(54)10)78-60(97)46(88)28-69-58(95)44-27-38(31-84(44)7)72-61(98)52-65-20-22-80(52)3/h20,22-27,29-35,46,88H,11-19,21,28H2,1-10H3,(H,64,89)(H,66,92)(H,67,93)(H,68,94)(H,69,95)(H,70,90)(H,71,96)(H,72,98)(H,73,99)(H,74,100)(H,75,91)(H,78,97)/t46-/m1/s1. The van der Waals surface area contributed by atoms with E-state index in [9.17, 15) is 62.6 Å². The highest BCUT2D eigenvalue weighted by Gasteiger charge is 2.25. The van der Waals surface area contributed by atoms with E-state index in [4.69, 9.17) is 0 Å². The second-order valence-corrected chi connectivity index (χ2v) is 23.6. The summed E-state index contributed by atoms with van der Waals surface area (Å²) in [6, 6.07) is 7.25. The zero-order chi connectivity index (χ0) is 72.6.